The molecular formula is C16H14Br2N2O. The minimum Gasteiger partial charge on any atom is -0.452 e. The number of hydrogen-bond acceptors (Lipinski definition) is 3. The van der Waals surface area contributed by atoms with Crippen molar-refractivity contribution in [3.63, 3.8) is 0 Å². The van der Waals surface area contributed by atoms with E-state index in [2.05, 4.69) is 66.4 Å². The van der Waals surface area contributed by atoms with Gasteiger partial charge in [0.05, 0.1) is 16.5 Å². The van der Waals surface area contributed by atoms with E-state index in [0.29, 0.717) is 6.54 Å². The number of benzene rings is 1. The van der Waals surface area contributed by atoms with Crippen LogP contribution in [-0.4, -0.2) is 11.5 Å². The molecule has 2 aromatic heterocycles. The topological polar surface area (TPSA) is 38.1 Å². The number of halogens is 2. The number of aromatic nitrogens is 1. The second-order valence-corrected chi connectivity index (χ2v) is 6.33. The number of nitrogens with zero attached hydrogens (tertiary/aromatic N) is 1. The molecule has 3 rings (SSSR count). The van der Waals surface area contributed by atoms with Crippen LogP contribution in [0.4, 0.5) is 0 Å². The molecule has 1 N–H and O–H groups in total. The molecule has 0 fully saturated rings. The van der Waals surface area contributed by atoms with Gasteiger partial charge < -0.3 is 9.73 Å². The summed E-state index contributed by atoms with van der Waals surface area (Å²) in [4.78, 5) is 4.47. The normalized spacial score (nSPS) is 11.1. The van der Waals surface area contributed by atoms with Crippen LogP contribution in [0, 0.1) is 0 Å². The highest BCUT2D eigenvalue weighted by Crippen LogP contribution is 2.26. The van der Waals surface area contributed by atoms with E-state index in [9.17, 15) is 0 Å². The van der Waals surface area contributed by atoms with Gasteiger partial charge in [-0.25, -0.2) is 0 Å². The predicted molar refractivity (Wildman–Crippen MR) is 91.3 cm³/mol. The molecule has 2 heterocycles. The van der Waals surface area contributed by atoms with Crippen LogP contribution in [0.5, 0.6) is 0 Å². The summed E-state index contributed by atoms with van der Waals surface area (Å²) >= 11 is 6.75. The maximum absolute atomic E-state index is 5.53. The highest BCUT2D eigenvalue weighted by molar-refractivity contribution is 9.13. The summed E-state index contributed by atoms with van der Waals surface area (Å²) in [6, 6.07) is 12.3. The Morgan fingerprint density at radius 2 is 2.00 bits per heavy atom. The van der Waals surface area contributed by atoms with Crippen LogP contribution in [0.2, 0.25) is 0 Å². The molecule has 5 heteroatoms. The van der Waals surface area contributed by atoms with Gasteiger partial charge in [0.1, 0.15) is 5.76 Å². The molecule has 3 nitrogen and oxygen atoms in total. The number of fused-ring (bicyclic) bond motifs is 1. The van der Waals surface area contributed by atoms with E-state index in [1.54, 1.807) is 0 Å². The number of furan rings is 1. The zero-order valence-electron chi connectivity index (χ0n) is 11.3. The molecule has 0 bridgehead atoms. The van der Waals surface area contributed by atoms with E-state index in [4.69, 9.17) is 4.42 Å². The van der Waals surface area contributed by atoms with Crippen LogP contribution >= 0.6 is 31.9 Å². The first-order valence-corrected chi connectivity index (χ1v) is 8.29. The van der Waals surface area contributed by atoms with Gasteiger partial charge in [0.15, 0.2) is 4.67 Å². The number of pyridine rings is 1. The molecule has 0 spiro atoms. The van der Waals surface area contributed by atoms with Crippen molar-refractivity contribution in [3.05, 3.63) is 63.1 Å². The van der Waals surface area contributed by atoms with Crippen molar-refractivity contribution in [2.45, 2.75) is 13.0 Å². The van der Waals surface area contributed by atoms with Gasteiger partial charge in [0.25, 0.3) is 0 Å². The van der Waals surface area contributed by atoms with E-state index < -0.39 is 0 Å². The minimum absolute atomic E-state index is 0.711. The largest absolute Gasteiger partial charge is 0.452 e. The first-order valence-electron chi connectivity index (χ1n) is 6.71. The highest BCUT2D eigenvalue weighted by Gasteiger charge is 2.06. The predicted octanol–water partition coefficient (Wildman–Crippen LogP) is 4.69. The van der Waals surface area contributed by atoms with Crippen molar-refractivity contribution in [1.29, 1.82) is 0 Å². The molecular weight excluding hydrogens is 396 g/mol. The van der Waals surface area contributed by atoms with Gasteiger partial charge in [-0.1, -0.05) is 24.3 Å². The minimum atomic E-state index is 0.711. The second kappa shape index (κ2) is 6.73. The van der Waals surface area contributed by atoms with Crippen LogP contribution in [0.25, 0.3) is 10.9 Å². The number of para-hydroxylation sites is 1. The smallest absolute Gasteiger partial charge is 0.183 e. The number of nitrogens with one attached hydrogen (secondary N) is 1. The van der Waals surface area contributed by atoms with Gasteiger partial charge >= 0.3 is 0 Å². The van der Waals surface area contributed by atoms with Gasteiger partial charge in [0, 0.05) is 11.6 Å². The standard InChI is InChI=1S/C16H14Br2N2O/c17-14-9-13(21-16(14)18)10-19-8-6-12-4-1-3-11-5-2-7-20-15(11)12/h1-5,7,9,19H,6,8,10H2. The summed E-state index contributed by atoms with van der Waals surface area (Å²) in [6.07, 6.45) is 2.79. The van der Waals surface area contributed by atoms with Crippen LogP contribution in [0.15, 0.2) is 56.2 Å². The summed E-state index contributed by atoms with van der Waals surface area (Å²) in [5, 5.41) is 4.58. The Kier molecular flexibility index (Phi) is 4.73. The molecule has 3 aromatic rings. The lowest BCUT2D eigenvalue weighted by Crippen LogP contribution is -2.16. The Morgan fingerprint density at radius 1 is 1.14 bits per heavy atom. The van der Waals surface area contributed by atoms with Crippen molar-refractivity contribution in [3.8, 4) is 0 Å². The Hall–Kier alpha value is -1.17. The maximum Gasteiger partial charge on any atom is 0.183 e. The molecule has 0 unspecified atom stereocenters. The number of hydrogen-bond donors (Lipinski definition) is 1. The fourth-order valence-electron chi connectivity index (χ4n) is 2.28. The molecule has 21 heavy (non-hydrogen) atoms. The molecule has 108 valence electrons. The highest BCUT2D eigenvalue weighted by atomic mass is 79.9. The first kappa shape index (κ1) is 14.8. The molecule has 0 aliphatic rings. The lowest BCUT2D eigenvalue weighted by atomic mass is 10.1. The lowest BCUT2D eigenvalue weighted by Gasteiger charge is -2.06. The van der Waals surface area contributed by atoms with Crippen molar-refractivity contribution < 1.29 is 4.42 Å². The molecule has 0 aliphatic heterocycles. The average Bonchev–Trinajstić information content (AvgIpc) is 2.82. The van der Waals surface area contributed by atoms with E-state index in [1.165, 1.54) is 10.9 Å². The number of rotatable bonds is 5. The Balaban J connectivity index is 1.59. The molecule has 0 saturated heterocycles. The quantitative estimate of drug-likeness (QED) is 0.621. The summed E-state index contributed by atoms with van der Waals surface area (Å²) in [6.45, 7) is 1.59. The summed E-state index contributed by atoms with van der Waals surface area (Å²) in [5.74, 6) is 0.907. The third kappa shape index (κ3) is 3.54. The molecule has 0 saturated carbocycles. The van der Waals surface area contributed by atoms with Gasteiger partial charge in [-0.2, -0.15) is 0 Å². The van der Waals surface area contributed by atoms with E-state index >= 15 is 0 Å². The molecule has 0 amide bonds. The molecule has 1 aromatic carbocycles. The molecule has 0 aliphatic carbocycles. The second-order valence-electron chi connectivity index (χ2n) is 4.75. The fourth-order valence-corrected chi connectivity index (χ4v) is 2.94. The van der Waals surface area contributed by atoms with Gasteiger partial charge in [-0.3, -0.25) is 4.98 Å². The van der Waals surface area contributed by atoms with Gasteiger partial charge in [-0.05, 0) is 62.5 Å². The Morgan fingerprint density at radius 3 is 2.81 bits per heavy atom. The lowest BCUT2D eigenvalue weighted by molar-refractivity contribution is 0.465. The summed E-state index contributed by atoms with van der Waals surface area (Å²) < 4.78 is 7.21. The van der Waals surface area contributed by atoms with Crippen LogP contribution in [-0.2, 0) is 13.0 Å². The van der Waals surface area contributed by atoms with Crippen LogP contribution < -0.4 is 5.32 Å². The van der Waals surface area contributed by atoms with Crippen molar-refractivity contribution in [1.82, 2.24) is 10.3 Å². The zero-order chi connectivity index (χ0) is 14.7. The van der Waals surface area contributed by atoms with Gasteiger partial charge in [0.2, 0.25) is 0 Å². The van der Waals surface area contributed by atoms with Crippen LogP contribution in [0.1, 0.15) is 11.3 Å². The monoisotopic (exact) mass is 408 g/mol. The van der Waals surface area contributed by atoms with E-state index in [-0.39, 0.29) is 0 Å². The third-order valence-electron chi connectivity index (χ3n) is 3.28. The van der Waals surface area contributed by atoms with E-state index in [1.807, 2.05) is 18.3 Å². The Bertz CT molecular complexity index is 730. The average molecular weight is 410 g/mol. The first-order chi connectivity index (χ1) is 10.2. The van der Waals surface area contributed by atoms with Gasteiger partial charge in [-0.15, -0.1) is 0 Å². The summed E-state index contributed by atoms with van der Waals surface area (Å²) in [7, 11) is 0. The molecule has 0 atom stereocenters. The SMILES string of the molecule is Brc1cc(CNCCc2cccc3cccnc23)oc1Br. The summed E-state index contributed by atoms with van der Waals surface area (Å²) in [5.41, 5.74) is 2.35. The zero-order valence-corrected chi connectivity index (χ0v) is 14.4. The Labute approximate surface area is 140 Å². The van der Waals surface area contributed by atoms with Crippen molar-refractivity contribution in [2.75, 3.05) is 6.54 Å². The van der Waals surface area contributed by atoms with E-state index in [0.717, 1.165) is 33.4 Å². The van der Waals surface area contributed by atoms with Crippen molar-refractivity contribution in [2.24, 2.45) is 0 Å². The van der Waals surface area contributed by atoms with Crippen LogP contribution in [0.3, 0.4) is 0 Å². The fraction of sp³-hybridized carbons (Fsp3) is 0.188. The molecule has 0 radical (unpaired) electrons. The maximum atomic E-state index is 5.53. The van der Waals surface area contributed by atoms with Crippen molar-refractivity contribution >= 4 is 42.8 Å². The third-order valence-corrected chi connectivity index (χ3v) is 4.99.